The summed E-state index contributed by atoms with van der Waals surface area (Å²) in [7, 11) is 1.49. The molecule has 1 aromatic heterocycles. The Bertz CT molecular complexity index is 678. The van der Waals surface area contributed by atoms with Gasteiger partial charge < -0.3 is 15.0 Å². The van der Waals surface area contributed by atoms with Crippen LogP contribution in [0.4, 0.5) is 18.0 Å². The van der Waals surface area contributed by atoms with Gasteiger partial charge in [-0.3, -0.25) is 0 Å². The number of amides is 1. The highest BCUT2D eigenvalue weighted by Gasteiger charge is 2.34. The average Bonchev–Trinajstić information content (AvgIpc) is 2.80. The monoisotopic (exact) mass is 313 g/mol. The molecule has 0 aliphatic heterocycles. The van der Waals surface area contributed by atoms with Gasteiger partial charge in [0, 0.05) is 18.8 Å². The molecule has 1 amide bonds. The summed E-state index contributed by atoms with van der Waals surface area (Å²) in [6, 6.07) is 6.10. The van der Waals surface area contributed by atoms with E-state index in [1.807, 2.05) is 0 Å². The molecule has 1 aromatic carbocycles. The number of carbonyl (C=O) groups is 1. The number of carboxylic acid groups (broad SMARTS) is 1. The Kier molecular flexibility index (Phi) is 4.11. The molecule has 118 valence electrons. The predicted molar refractivity (Wildman–Crippen MR) is 73.2 cm³/mol. The number of alkyl halides is 3. The van der Waals surface area contributed by atoms with Crippen molar-refractivity contribution in [3.63, 3.8) is 0 Å². The van der Waals surface area contributed by atoms with Gasteiger partial charge in [-0.05, 0) is 12.5 Å². The van der Waals surface area contributed by atoms with Gasteiger partial charge in [0.15, 0.2) is 5.69 Å². The first-order valence-electron chi connectivity index (χ1n) is 6.39. The van der Waals surface area contributed by atoms with Crippen LogP contribution in [0, 0.1) is 0 Å². The Morgan fingerprint density at radius 2 is 1.91 bits per heavy atom. The predicted octanol–water partition coefficient (Wildman–Crippen LogP) is 3.43. The molecule has 0 unspecified atom stereocenters. The third kappa shape index (κ3) is 3.38. The summed E-state index contributed by atoms with van der Waals surface area (Å²) in [5, 5.41) is 11.0. The van der Waals surface area contributed by atoms with E-state index in [9.17, 15) is 18.0 Å². The van der Waals surface area contributed by atoms with Gasteiger partial charge in [0.2, 0.25) is 0 Å². The van der Waals surface area contributed by atoms with Crippen LogP contribution in [-0.2, 0) is 13.2 Å². The van der Waals surface area contributed by atoms with E-state index >= 15 is 0 Å². The Morgan fingerprint density at radius 1 is 1.32 bits per heavy atom. The Hall–Kier alpha value is -2.51. The van der Waals surface area contributed by atoms with Gasteiger partial charge in [-0.25, -0.2) is 9.78 Å². The molecular formula is C14H14F3N3O2. The van der Waals surface area contributed by atoms with E-state index in [2.05, 4.69) is 10.3 Å². The van der Waals surface area contributed by atoms with Crippen molar-refractivity contribution in [2.75, 3.05) is 0 Å². The topological polar surface area (TPSA) is 67.2 Å². The molecule has 22 heavy (non-hydrogen) atoms. The number of imidazole rings is 1. The molecule has 0 bridgehead atoms. The largest absolute Gasteiger partial charge is 0.465 e. The summed E-state index contributed by atoms with van der Waals surface area (Å²) < 4.78 is 39.2. The van der Waals surface area contributed by atoms with Crippen LogP contribution in [0.3, 0.4) is 0 Å². The standard InChI is InChI=1S/C14H14F3N3O2/c1-8(18-13(21)22)9-3-5-10(6-4-9)12-19-11(7-20(12)2)14(15,16)17/h3-8,18H,1-2H3,(H,21,22)/t8-/m1/s1. The minimum absolute atomic E-state index is 0.192. The molecule has 1 atom stereocenters. The van der Waals surface area contributed by atoms with Crippen molar-refractivity contribution in [3.8, 4) is 11.4 Å². The number of nitrogens with one attached hydrogen (secondary N) is 1. The normalized spacial score (nSPS) is 13.0. The average molecular weight is 313 g/mol. The fourth-order valence-electron chi connectivity index (χ4n) is 2.06. The van der Waals surface area contributed by atoms with Crippen LogP contribution in [0.15, 0.2) is 30.5 Å². The van der Waals surface area contributed by atoms with Crippen molar-refractivity contribution in [2.45, 2.75) is 19.1 Å². The van der Waals surface area contributed by atoms with Crippen molar-refractivity contribution in [1.29, 1.82) is 0 Å². The van der Waals surface area contributed by atoms with E-state index in [1.165, 1.54) is 11.6 Å². The van der Waals surface area contributed by atoms with Gasteiger partial charge in [-0.15, -0.1) is 0 Å². The van der Waals surface area contributed by atoms with Crippen molar-refractivity contribution in [3.05, 3.63) is 41.7 Å². The van der Waals surface area contributed by atoms with Crippen molar-refractivity contribution in [2.24, 2.45) is 7.05 Å². The summed E-state index contributed by atoms with van der Waals surface area (Å²) in [6.07, 6.45) is -4.70. The lowest BCUT2D eigenvalue weighted by Crippen LogP contribution is -2.24. The fourth-order valence-corrected chi connectivity index (χ4v) is 2.06. The zero-order chi connectivity index (χ0) is 16.5. The summed E-state index contributed by atoms with van der Waals surface area (Å²) in [5.41, 5.74) is 0.274. The number of aryl methyl sites for hydroxylation is 1. The summed E-state index contributed by atoms with van der Waals surface area (Å²) in [4.78, 5) is 14.2. The van der Waals surface area contributed by atoms with E-state index < -0.39 is 24.0 Å². The Morgan fingerprint density at radius 3 is 2.36 bits per heavy atom. The SMILES string of the molecule is C[C@@H](NC(=O)O)c1ccc(-c2nc(C(F)(F)F)cn2C)cc1. The second-order valence-corrected chi connectivity index (χ2v) is 4.85. The third-order valence-electron chi connectivity index (χ3n) is 3.18. The molecule has 5 nitrogen and oxygen atoms in total. The first kappa shape index (κ1) is 15.9. The molecule has 0 spiro atoms. The minimum Gasteiger partial charge on any atom is -0.465 e. The molecule has 1 heterocycles. The highest BCUT2D eigenvalue weighted by molar-refractivity contribution is 5.65. The quantitative estimate of drug-likeness (QED) is 0.912. The molecule has 0 aliphatic carbocycles. The van der Waals surface area contributed by atoms with Gasteiger partial charge >= 0.3 is 12.3 Å². The van der Waals surface area contributed by atoms with Gasteiger partial charge in [-0.2, -0.15) is 13.2 Å². The van der Waals surface area contributed by atoms with Crippen molar-refractivity contribution in [1.82, 2.24) is 14.9 Å². The van der Waals surface area contributed by atoms with Crippen LogP contribution in [0.2, 0.25) is 0 Å². The Labute approximate surface area is 124 Å². The molecule has 2 aromatic rings. The first-order valence-corrected chi connectivity index (χ1v) is 6.39. The van der Waals surface area contributed by atoms with Gasteiger partial charge in [-0.1, -0.05) is 24.3 Å². The first-order chi connectivity index (χ1) is 10.2. The van der Waals surface area contributed by atoms with E-state index in [4.69, 9.17) is 5.11 Å². The number of hydrogen-bond donors (Lipinski definition) is 2. The van der Waals surface area contributed by atoms with Gasteiger partial charge in [0.1, 0.15) is 5.82 Å². The zero-order valence-electron chi connectivity index (χ0n) is 11.8. The molecule has 0 radical (unpaired) electrons. The number of rotatable bonds is 3. The van der Waals surface area contributed by atoms with E-state index in [0.29, 0.717) is 11.1 Å². The van der Waals surface area contributed by atoms with Crippen molar-refractivity contribution >= 4 is 6.09 Å². The van der Waals surface area contributed by atoms with Gasteiger partial charge in [0.25, 0.3) is 0 Å². The molecular weight excluding hydrogens is 299 g/mol. The number of halogens is 3. The molecule has 2 N–H and O–H groups in total. The van der Waals surface area contributed by atoms with Crippen LogP contribution in [-0.4, -0.2) is 20.8 Å². The lowest BCUT2D eigenvalue weighted by Gasteiger charge is -2.12. The fraction of sp³-hybridized carbons (Fsp3) is 0.286. The van der Waals surface area contributed by atoms with Gasteiger partial charge in [0.05, 0.1) is 6.04 Å². The van der Waals surface area contributed by atoms with Crippen molar-refractivity contribution < 1.29 is 23.1 Å². The second-order valence-electron chi connectivity index (χ2n) is 4.85. The summed E-state index contributed by atoms with van der Waals surface area (Å²) in [6.45, 7) is 1.67. The number of nitrogens with zero attached hydrogens (tertiary/aromatic N) is 2. The van der Waals surface area contributed by atoms with E-state index in [-0.39, 0.29) is 5.82 Å². The maximum absolute atomic E-state index is 12.6. The third-order valence-corrected chi connectivity index (χ3v) is 3.18. The lowest BCUT2D eigenvalue weighted by atomic mass is 10.1. The lowest BCUT2D eigenvalue weighted by molar-refractivity contribution is -0.140. The Balaban J connectivity index is 2.28. The van der Waals surface area contributed by atoms with Crippen LogP contribution in [0.1, 0.15) is 24.2 Å². The molecule has 0 fully saturated rings. The van der Waals surface area contributed by atoms with Crippen LogP contribution in [0.5, 0.6) is 0 Å². The van der Waals surface area contributed by atoms with Crippen LogP contribution < -0.4 is 5.32 Å². The van der Waals surface area contributed by atoms with Crippen LogP contribution in [0.25, 0.3) is 11.4 Å². The van der Waals surface area contributed by atoms with Crippen LogP contribution >= 0.6 is 0 Å². The second kappa shape index (κ2) is 5.70. The number of hydrogen-bond acceptors (Lipinski definition) is 2. The molecule has 8 heteroatoms. The molecule has 0 saturated heterocycles. The highest BCUT2D eigenvalue weighted by Crippen LogP contribution is 2.30. The number of benzene rings is 1. The maximum atomic E-state index is 12.6. The molecule has 0 saturated carbocycles. The highest BCUT2D eigenvalue weighted by atomic mass is 19.4. The summed E-state index contributed by atoms with van der Waals surface area (Å²) in [5.74, 6) is 0.192. The number of aromatic nitrogens is 2. The molecule has 2 rings (SSSR count). The van der Waals surface area contributed by atoms with E-state index in [1.54, 1.807) is 31.2 Å². The minimum atomic E-state index is -4.49. The maximum Gasteiger partial charge on any atom is 0.434 e. The van der Waals surface area contributed by atoms with E-state index in [0.717, 1.165) is 6.20 Å². The molecule has 0 aliphatic rings. The summed E-state index contributed by atoms with van der Waals surface area (Å²) >= 11 is 0. The zero-order valence-corrected chi connectivity index (χ0v) is 11.8. The smallest absolute Gasteiger partial charge is 0.434 e.